The Labute approximate surface area is 115 Å². The van der Waals surface area contributed by atoms with Crippen LogP contribution in [0.15, 0.2) is 4.52 Å². The van der Waals surface area contributed by atoms with Crippen LogP contribution < -0.4 is 5.73 Å². The molecule has 1 atom stereocenters. The van der Waals surface area contributed by atoms with Gasteiger partial charge >= 0.3 is 0 Å². The molecule has 0 aliphatic carbocycles. The van der Waals surface area contributed by atoms with E-state index in [0.29, 0.717) is 19.0 Å². The second kappa shape index (κ2) is 6.70. The van der Waals surface area contributed by atoms with E-state index in [-0.39, 0.29) is 11.8 Å². The first-order chi connectivity index (χ1) is 8.86. The number of carbonyl (C=O) groups is 1. The number of rotatable bonds is 6. The van der Waals surface area contributed by atoms with Gasteiger partial charge in [0, 0.05) is 19.2 Å². The summed E-state index contributed by atoms with van der Waals surface area (Å²) >= 11 is 0. The standard InChI is InChI=1S/C14H25N3O2/c1-9(2)6-12(7-15)14(18)17(5)8-13-10(3)16-19-11(13)4/h9,12H,6-8,15H2,1-5H3. The second-order valence-corrected chi connectivity index (χ2v) is 5.56. The SMILES string of the molecule is Cc1noc(C)c1CN(C)C(=O)C(CN)CC(C)C. The second-order valence-electron chi connectivity index (χ2n) is 5.56. The summed E-state index contributed by atoms with van der Waals surface area (Å²) in [6, 6.07) is 0. The average molecular weight is 267 g/mol. The molecule has 1 unspecified atom stereocenters. The monoisotopic (exact) mass is 267 g/mol. The van der Waals surface area contributed by atoms with Gasteiger partial charge in [-0.05, 0) is 26.2 Å². The van der Waals surface area contributed by atoms with Gasteiger partial charge in [0.1, 0.15) is 5.76 Å². The van der Waals surface area contributed by atoms with E-state index in [9.17, 15) is 4.79 Å². The van der Waals surface area contributed by atoms with Gasteiger partial charge in [0.2, 0.25) is 5.91 Å². The average Bonchev–Trinajstić information content (AvgIpc) is 2.66. The summed E-state index contributed by atoms with van der Waals surface area (Å²) in [7, 11) is 1.80. The molecule has 19 heavy (non-hydrogen) atoms. The molecule has 0 saturated carbocycles. The minimum atomic E-state index is -0.106. The molecule has 1 rings (SSSR count). The predicted octanol–water partition coefficient (Wildman–Crippen LogP) is 1.87. The summed E-state index contributed by atoms with van der Waals surface area (Å²) in [6.07, 6.45) is 0.821. The van der Waals surface area contributed by atoms with Crippen LogP contribution in [0.2, 0.25) is 0 Å². The summed E-state index contributed by atoms with van der Waals surface area (Å²) in [5.74, 6) is 1.22. The van der Waals surface area contributed by atoms with E-state index in [4.69, 9.17) is 10.3 Å². The number of aryl methyl sites for hydroxylation is 2. The van der Waals surface area contributed by atoms with Crippen LogP contribution >= 0.6 is 0 Å². The number of hydrogen-bond acceptors (Lipinski definition) is 4. The van der Waals surface area contributed by atoms with Crippen molar-refractivity contribution < 1.29 is 9.32 Å². The highest BCUT2D eigenvalue weighted by molar-refractivity contribution is 5.78. The highest BCUT2D eigenvalue weighted by atomic mass is 16.5. The Morgan fingerprint density at radius 1 is 1.42 bits per heavy atom. The van der Waals surface area contributed by atoms with Crippen LogP contribution in [0.25, 0.3) is 0 Å². The maximum Gasteiger partial charge on any atom is 0.227 e. The molecule has 1 aromatic rings. The molecule has 0 fully saturated rings. The quantitative estimate of drug-likeness (QED) is 0.854. The van der Waals surface area contributed by atoms with Crippen LogP contribution in [0.4, 0.5) is 0 Å². The first kappa shape index (κ1) is 15.7. The molecule has 0 bridgehead atoms. The van der Waals surface area contributed by atoms with Crippen molar-refractivity contribution in [1.29, 1.82) is 0 Å². The fraction of sp³-hybridized carbons (Fsp3) is 0.714. The summed E-state index contributed by atoms with van der Waals surface area (Å²) in [4.78, 5) is 14.1. The van der Waals surface area contributed by atoms with Crippen molar-refractivity contribution >= 4 is 5.91 Å². The third kappa shape index (κ3) is 4.06. The zero-order chi connectivity index (χ0) is 14.6. The topological polar surface area (TPSA) is 72.4 Å². The lowest BCUT2D eigenvalue weighted by atomic mass is 9.96. The maximum absolute atomic E-state index is 12.4. The molecule has 0 aliphatic rings. The number of amides is 1. The molecule has 0 spiro atoms. The third-order valence-electron chi connectivity index (χ3n) is 3.34. The fourth-order valence-corrected chi connectivity index (χ4v) is 2.22. The number of nitrogens with zero attached hydrogens (tertiary/aromatic N) is 2. The number of aromatic nitrogens is 1. The smallest absolute Gasteiger partial charge is 0.227 e. The molecule has 0 saturated heterocycles. The normalized spacial score (nSPS) is 12.8. The Balaban J connectivity index is 2.71. The summed E-state index contributed by atoms with van der Waals surface area (Å²) in [5.41, 5.74) is 7.54. The molecule has 0 aliphatic heterocycles. The molecular weight excluding hydrogens is 242 g/mol. The lowest BCUT2D eigenvalue weighted by Gasteiger charge is -2.24. The number of carbonyl (C=O) groups excluding carboxylic acids is 1. The van der Waals surface area contributed by atoms with E-state index >= 15 is 0 Å². The Kier molecular flexibility index (Phi) is 5.54. The minimum absolute atomic E-state index is 0.0937. The predicted molar refractivity (Wildman–Crippen MR) is 74.5 cm³/mol. The molecule has 1 aromatic heterocycles. The Hall–Kier alpha value is -1.36. The van der Waals surface area contributed by atoms with Crippen molar-refractivity contribution in [3.8, 4) is 0 Å². The Morgan fingerprint density at radius 2 is 2.05 bits per heavy atom. The van der Waals surface area contributed by atoms with E-state index in [1.807, 2.05) is 13.8 Å². The van der Waals surface area contributed by atoms with Gasteiger partial charge in [-0.1, -0.05) is 19.0 Å². The molecule has 5 heteroatoms. The molecule has 1 amide bonds. The van der Waals surface area contributed by atoms with Gasteiger partial charge in [-0.2, -0.15) is 0 Å². The van der Waals surface area contributed by atoms with E-state index < -0.39 is 0 Å². The zero-order valence-corrected chi connectivity index (χ0v) is 12.6. The van der Waals surface area contributed by atoms with Crippen LogP contribution in [-0.4, -0.2) is 29.6 Å². The van der Waals surface area contributed by atoms with Gasteiger partial charge in [-0.15, -0.1) is 0 Å². The van der Waals surface area contributed by atoms with Crippen molar-refractivity contribution in [2.45, 2.75) is 40.7 Å². The first-order valence-corrected chi connectivity index (χ1v) is 6.73. The van der Waals surface area contributed by atoms with Crippen molar-refractivity contribution in [3.63, 3.8) is 0 Å². The number of nitrogens with two attached hydrogens (primary N) is 1. The molecule has 2 N–H and O–H groups in total. The van der Waals surface area contributed by atoms with E-state index in [1.165, 1.54) is 0 Å². The summed E-state index contributed by atoms with van der Waals surface area (Å²) in [5, 5.41) is 3.90. The fourth-order valence-electron chi connectivity index (χ4n) is 2.22. The van der Waals surface area contributed by atoms with Crippen LogP contribution in [0.1, 0.15) is 37.3 Å². The minimum Gasteiger partial charge on any atom is -0.361 e. The van der Waals surface area contributed by atoms with Crippen molar-refractivity contribution in [3.05, 3.63) is 17.0 Å². The Bertz CT molecular complexity index is 407. The summed E-state index contributed by atoms with van der Waals surface area (Å²) in [6.45, 7) is 8.87. The van der Waals surface area contributed by atoms with Gasteiger partial charge in [-0.3, -0.25) is 4.79 Å². The lowest BCUT2D eigenvalue weighted by Crippen LogP contribution is -2.37. The van der Waals surface area contributed by atoms with E-state index in [0.717, 1.165) is 23.4 Å². The maximum atomic E-state index is 12.4. The first-order valence-electron chi connectivity index (χ1n) is 6.73. The van der Waals surface area contributed by atoms with Gasteiger partial charge in [0.05, 0.1) is 18.2 Å². The van der Waals surface area contributed by atoms with Crippen LogP contribution in [0, 0.1) is 25.7 Å². The van der Waals surface area contributed by atoms with Crippen LogP contribution in [0.3, 0.4) is 0 Å². The molecule has 5 nitrogen and oxygen atoms in total. The summed E-state index contributed by atoms with van der Waals surface area (Å²) < 4.78 is 5.11. The highest BCUT2D eigenvalue weighted by Gasteiger charge is 2.23. The van der Waals surface area contributed by atoms with E-state index in [1.54, 1.807) is 11.9 Å². The van der Waals surface area contributed by atoms with Crippen molar-refractivity contribution in [2.75, 3.05) is 13.6 Å². The van der Waals surface area contributed by atoms with E-state index in [2.05, 4.69) is 19.0 Å². The zero-order valence-electron chi connectivity index (χ0n) is 12.6. The largest absolute Gasteiger partial charge is 0.361 e. The van der Waals surface area contributed by atoms with Gasteiger partial charge in [0.15, 0.2) is 0 Å². The Morgan fingerprint density at radius 3 is 2.47 bits per heavy atom. The molecule has 108 valence electrons. The third-order valence-corrected chi connectivity index (χ3v) is 3.34. The molecule has 1 heterocycles. The van der Waals surface area contributed by atoms with Crippen molar-refractivity contribution in [2.24, 2.45) is 17.6 Å². The van der Waals surface area contributed by atoms with Gasteiger partial charge in [-0.25, -0.2) is 0 Å². The van der Waals surface area contributed by atoms with Gasteiger partial charge in [0.25, 0.3) is 0 Å². The molecule has 0 radical (unpaired) electrons. The van der Waals surface area contributed by atoms with Gasteiger partial charge < -0.3 is 15.2 Å². The van der Waals surface area contributed by atoms with Crippen LogP contribution in [-0.2, 0) is 11.3 Å². The molecule has 0 aromatic carbocycles. The van der Waals surface area contributed by atoms with Crippen molar-refractivity contribution in [1.82, 2.24) is 10.1 Å². The number of hydrogen-bond donors (Lipinski definition) is 1. The molecular formula is C14H25N3O2. The van der Waals surface area contributed by atoms with Crippen LogP contribution in [0.5, 0.6) is 0 Å². The highest BCUT2D eigenvalue weighted by Crippen LogP contribution is 2.18. The lowest BCUT2D eigenvalue weighted by molar-refractivity contribution is -0.134.